The molecule has 2 aliphatic rings. The number of aromatic nitrogens is 2. The zero-order valence-corrected chi connectivity index (χ0v) is 14.0. The Kier molecular flexibility index (Phi) is 4.66. The van der Waals surface area contributed by atoms with E-state index in [1.165, 1.54) is 0 Å². The van der Waals surface area contributed by atoms with Gasteiger partial charge in [-0.2, -0.15) is 4.98 Å². The minimum atomic E-state index is 0.0287. The molecule has 3 rings (SSSR count). The van der Waals surface area contributed by atoms with Gasteiger partial charge in [0.2, 0.25) is 11.9 Å². The summed E-state index contributed by atoms with van der Waals surface area (Å²) in [6, 6.07) is 1.97. The van der Waals surface area contributed by atoms with Crippen molar-refractivity contribution in [3.63, 3.8) is 0 Å². The fraction of sp³-hybridized carbons (Fsp3) is 0.688. The van der Waals surface area contributed by atoms with Gasteiger partial charge in [-0.15, -0.1) is 0 Å². The second-order valence-corrected chi connectivity index (χ2v) is 6.62. The fourth-order valence-electron chi connectivity index (χ4n) is 3.42. The van der Waals surface area contributed by atoms with Crippen LogP contribution >= 0.6 is 0 Å². The first kappa shape index (κ1) is 16.0. The maximum atomic E-state index is 12.6. The van der Waals surface area contributed by atoms with Gasteiger partial charge >= 0.3 is 0 Å². The van der Waals surface area contributed by atoms with Crippen LogP contribution in [0.1, 0.15) is 19.3 Å². The summed E-state index contributed by atoms with van der Waals surface area (Å²) in [7, 11) is 3.86. The van der Waals surface area contributed by atoms with Gasteiger partial charge in [0.15, 0.2) is 0 Å². The number of piperazine rings is 1. The smallest absolute Gasteiger partial charge is 0.227 e. The van der Waals surface area contributed by atoms with Crippen LogP contribution < -0.4 is 15.5 Å². The predicted molar refractivity (Wildman–Crippen MR) is 90.5 cm³/mol. The summed E-state index contributed by atoms with van der Waals surface area (Å²) in [5.74, 6) is 1.90. The molecule has 23 heavy (non-hydrogen) atoms. The molecule has 2 N–H and O–H groups in total. The van der Waals surface area contributed by atoms with Crippen LogP contribution in [0, 0.1) is 5.92 Å². The van der Waals surface area contributed by atoms with Crippen LogP contribution in [0.5, 0.6) is 0 Å². The van der Waals surface area contributed by atoms with Crippen molar-refractivity contribution in [3.8, 4) is 0 Å². The summed E-state index contributed by atoms with van der Waals surface area (Å²) in [6.07, 6.45) is 4.78. The van der Waals surface area contributed by atoms with Crippen molar-refractivity contribution < 1.29 is 4.79 Å². The molecule has 7 heteroatoms. The van der Waals surface area contributed by atoms with Gasteiger partial charge in [0.25, 0.3) is 0 Å². The summed E-state index contributed by atoms with van der Waals surface area (Å²) in [5.41, 5.74) is 6.07. The number of rotatable bonds is 3. The summed E-state index contributed by atoms with van der Waals surface area (Å²) in [6.45, 7) is 3.09. The lowest BCUT2D eigenvalue weighted by atomic mass is 10.0. The molecular formula is C16H26N6O. The van der Waals surface area contributed by atoms with Crippen molar-refractivity contribution in [1.29, 1.82) is 0 Å². The maximum absolute atomic E-state index is 12.6. The number of nitrogens with zero attached hydrogens (tertiary/aromatic N) is 5. The number of carbonyl (C=O) groups excluding carboxylic acids is 1. The zero-order chi connectivity index (χ0) is 16.4. The quantitative estimate of drug-likeness (QED) is 0.865. The average molecular weight is 318 g/mol. The molecule has 0 radical (unpaired) electrons. The van der Waals surface area contributed by atoms with Crippen LogP contribution in [0.4, 0.5) is 11.8 Å². The Morgan fingerprint density at radius 2 is 2.00 bits per heavy atom. The number of nitrogens with two attached hydrogens (primary N) is 1. The van der Waals surface area contributed by atoms with Gasteiger partial charge in [0, 0.05) is 52.5 Å². The Hall–Kier alpha value is -1.89. The van der Waals surface area contributed by atoms with Crippen LogP contribution in [0.15, 0.2) is 12.3 Å². The summed E-state index contributed by atoms with van der Waals surface area (Å²) < 4.78 is 0. The minimum absolute atomic E-state index is 0.0287. The number of amides is 1. The Labute approximate surface area is 137 Å². The molecule has 126 valence electrons. The van der Waals surface area contributed by atoms with Crippen LogP contribution in [-0.2, 0) is 4.79 Å². The van der Waals surface area contributed by atoms with E-state index in [1.807, 2.05) is 30.0 Å². The molecule has 1 saturated heterocycles. The van der Waals surface area contributed by atoms with Gasteiger partial charge in [-0.05, 0) is 18.9 Å². The Morgan fingerprint density at radius 3 is 2.61 bits per heavy atom. The van der Waals surface area contributed by atoms with Crippen molar-refractivity contribution in [2.75, 3.05) is 50.1 Å². The van der Waals surface area contributed by atoms with Gasteiger partial charge in [0.1, 0.15) is 5.82 Å². The highest BCUT2D eigenvalue weighted by Gasteiger charge is 2.34. The molecule has 1 amide bonds. The van der Waals surface area contributed by atoms with E-state index < -0.39 is 0 Å². The number of anilines is 2. The van der Waals surface area contributed by atoms with E-state index in [1.54, 1.807) is 6.20 Å². The second kappa shape index (κ2) is 6.70. The van der Waals surface area contributed by atoms with E-state index in [0.717, 1.165) is 51.3 Å². The van der Waals surface area contributed by atoms with Gasteiger partial charge in [-0.3, -0.25) is 4.79 Å². The van der Waals surface area contributed by atoms with E-state index >= 15 is 0 Å². The molecule has 2 heterocycles. The highest BCUT2D eigenvalue weighted by Crippen LogP contribution is 2.26. The fourth-order valence-corrected chi connectivity index (χ4v) is 3.42. The van der Waals surface area contributed by atoms with Gasteiger partial charge < -0.3 is 20.4 Å². The van der Waals surface area contributed by atoms with E-state index in [4.69, 9.17) is 5.73 Å². The number of carbonyl (C=O) groups is 1. The van der Waals surface area contributed by atoms with Crippen molar-refractivity contribution >= 4 is 17.7 Å². The standard InChI is InChI=1S/C16H26N6O/c1-20(2)16-18-7-6-14(19-16)21-8-10-22(11-9-21)15(23)12-4-3-5-13(12)17/h6-7,12-13H,3-5,8-11,17H2,1-2H3/t12-,13-/m1/s1. The maximum Gasteiger partial charge on any atom is 0.227 e. The lowest BCUT2D eigenvalue weighted by molar-refractivity contribution is -0.136. The Balaban J connectivity index is 1.60. The first-order chi connectivity index (χ1) is 11.1. The highest BCUT2D eigenvalue weighted by atomic mass is 16.2. The van der Waals surface area contributed by atoms with Crippen molar-refractivity contribution in [2.24, 2.45) is 11.7 Å². The van der Waals surface area contributed by atoms with E-state index in [2.05, 4.69) is 14.9 Å². The number of hydrogen-bond donors (Lipinski definition) is 1. The molecule has 1 aromatic heterocycles. The molecule has 1 aliphatic carbocycles. The average Bonchev–Trinajstić information content (AvgIpc) is 3.00. The van der Waals surface area contributed by atoms with E-state index in [-0.39, 0.29) is 17.9 Å². The predicted octanol–water partition coefficient (Wildman–Crippen LogP) is 0.319. The third kappa shape index (κ3) is 3.39. The van der Waals surface area contributed by atoms with Crippen molar-refractivity contribution in [3.05, 3.63) is 12.3 Å². The summed E-state index contributed by atoms with van der Waals surface area (Å²) in [5, 5.41) is 0. The first-order valence-corrected chi connectivity index (χ1v) is 8.36. The normalized spacial score (nSPS) is 24.8. The molecule has 0 unspecified atom stereocenters. The van der Waals surface area contributed by atoms with E-state index in [0.29, 0.717) is 5.95 Å². The van der Waals surface area contributed by atoms with Crippen LogP contribution in [0.3, 0.4) is 0 Å². The topological polar surface area (TPSA) is 78.6 Å². The monoisotopic (exact) mass is 318 g/mol. The van der Waals surface area contributed by atoms with Crippen molar-refractivity contribution in [2.45, 2.75) is 25.3 Å². The van der Waals surface area contributed by atoms with Crippen LogP contribution in [-0.4, -0.2) is 67.1 Å². The molecule has 1 aliphatic heterocycles. The SMILES string of the molecule is CN(C)c1nccc(N2CCN(C(=O)[C@@H]3CCC[C@H]3N)CC2)n1. The third-order valence-corrected chi connectivity index (χ3v) is 4.83. The van der Waals surface area contributed by atoms with Crippen LogP contribution in [0.25, 0.3) is 0 Å². The number of hydrogen-bond acceptors (Lipinski definition) is 6. The molecular weight excluding hydrogens is 292 g/mol. The summed E-state index contributed by atoms with van der Waals surface area (Å²) in [4.78, 5) is 27.5. The van der Waals surface area contributed by atoms with Gasteiger partial charge in [-0.25, -0.2) is 4.98 Å². The van der Waals surface area contributed by atoms with Crippen LogP contribution in [0.2, 0.25) is 0 Å². The minimum Gasteiger partial charge on any atom is -0.353 e. The molecule has 7 nitrogen and oxygen atoms in total. The molecule has 1 saturated carbocycles. The molecule has 0 bridgehead atoms. The third-order valence-electron chi connectivity index (χ3n) is 4.83. The highest BCUT2D eigenvalue weighted by molar-refractivity contribution is 5.80. The molecule has 2 fully saturated rings. The van der Waals surface area contributed by atoms with Gasteiger partial charge in [-0.1, -0.05) is 6.42 Å². The lowest BCUT2D eigenvalue weighted by Crippen LogP contribution is -2.52. The lowest BCUT2D eigenvalue weighted by Gasteiger charge is -2.37. The molecule has 1 aromatic rings. The summed E-state index contributed by atoms with van der Waals surface area (Å²) >= 11 is 0. The Morgan fingerprint density at radius 1 is 1.26 bits per heavy atom. The molecule has 0 spiro atoms. The first-order valence-electron chi connectivity index (χ1n) is 8.36. The van der Waals surface area contributed by atoms with Crippen molar-refractivity contribution in [1.82, 2.24) is 14.9 Å². The van der Waals surface area contributed by atoms with Gasteiger partial charge in [0.05, 0.1) is 5.92 Å². The Bertz CT molecular complexity index is 555. The largest absolute Gasteiger partial charge is 0.353 e. The molecule has 2 atom stereocenters. The van der Waals surface area contributed by atoms with E-state index in [9.17, 15) is 4.79 Å². The molecule has 0 aromatic carbocycles. The second-order valence-electron chi connectivity index (χ2n) is 6.62. The zero-order valence-electron chi connectivity index (χ0n) is 14.0.